The summed E-state index contributed by atoms with van der Waals surface area (Å²) in [7, 11) is 0. The summed E-state index contributed by atoms with van der Waals surface area (Å²) in [6.07, 6.45) is 0. The molecule has 1 amide bonds. The molecule has 29 heavy (non-hydrogen) atoms. The number of benzene rings is 2. The smallest absolute Gasteiger partial charge is 0.260 e. The van der Waals surface area contributed by atoms with E-state index in [9.17, 15) is 9.18 Å². The van der Waals surface area contributed by atoms with Crippen molar-refractivity contribution in [2.24, 2.45) is 0 Å². The normalized spacial score (nSPS) is 11.3. The van der Waals surface area contributed by atoms with E-state index in [1.54, 1.807) is 22.7 Å². The van der Waals surface area contributed by atoms with Gasteiger partial charge in [-0.05, 0) is 55.2 Å². The van der Waals surface area contributed by atoms with E-state index in [0.717, 1.165) is 35.0 Å². The SMILES string of the molecule is CCSc1cccc(C(=O)N(CCN(CC)CC)c2nc3ccc(F)cc3s2)c1. The van der Waals surface area contributed by atoms with Gasteiger partial charge in [0, 0.05) is 23.5 Å². The molecular formula is C22H26FN3OS2. The number of thioether (sulfide) groups is 1. The number of aromatic nitrogens is 1. The van der Waals surface area contributed by atoms with Crippen LogP contribution in [0.4, 0.5) is 9.52 Å². The Labute approximate surface area is 179 Å². The number of likely N-dealkylation sites (N-methyl/N-ethyl adjacent to an activating group) is 1. The van der Waals surface area contributed by atoms with Gasteiger partial charge in [-0.25, -0.2) is 9.37 Å². The van der Waals surface area contributed by atoms with Gasteiger partial charge in [-0.1, -0.05) is 38.2 Å². The summed E-state index contributed by atoms with van der Waals surface area (Å²) < 4.78 is 14.4. The number of rotatable bonds is 9. The van der Waals surface area contributed by atoms with Crippen LogP contribution in [-0.4, -0.2) is 47.7 Å². The first kappa shape index (κ1) is 21.7. The van der Waals surface area contributed by atoms with Crippen LogP contribution in [0.3, 0.4) is 0 Å². The second-order valence-corrected chi connectivity index (χ2v) is 8.90. The number of halogens is 1. The number of amides is 1. The van der Waals surface area contributed by atoms with Crippen molar-refractivity contribution in [1.82, 2.24) is 9.88 Å². The predicted octanol–water partition coefficient (Wildman–Crippen LogP) is 5.54. The minimum absolute atomic E-state index is 0.0739. The van der Waals surface area contributed by atoms with Gasteiger partial charge in [-0.3, -0.25) is 9.69 Å². The molecule has 4 nitrogen and oxygen atoms in total. The molecule has 3 rings (SSSR count). The minimum atomic E-state index is -0.294. The number of thiazole rings is 1. The number of carbonyl (C=O) groups excluding carboxylic acids is 1. The number of carbonyl (C=O) groups is 1. The molecule has 0 N–H and O–H groups in total. The summed E-state index contributed by atoms with van der Waals surface area (Å²) in [6.45, 7) is 9.46. The zero-order chi connectivity index (χ0) is 20.8. The minimum Gasteiger partial charge on any atom is -0.302 e. The van der Waals surface area contributed by atoms with Crippen LogP contribution < -0.4 is 4.90 Å². The van der Waals surface area contributed by atoms with E-state index < -0.39 is 0 Å². The molecule has 0 unspecified atom stereocenters. The maximum atomic E-state index is 13.6. The van der Waals surface area contributed by atoms with Crippen molar-refractivity contribution >= 4 is 44.4 Å². The zero-order valence-corrected chi connectivity index (χ0v) is 18.7. The first-order valence-corrected chi connectivity index (χ1v) is 11.7. The van der Waals surface area contributed by atoms with Gasteiger partial charge in [-0.2, -0.15) is 0 Å². The maximum absolute atomic E-state index is 13.6. The van der Waals surface area contributed by atoms with Crippen LogP contribution in [0.5, 0.6) is 0 Å². The lowest BCUT2D eigenvalue weighted by Crippen LogP contribution is -2.38. The molecule has 0 saturated carbocycles. The average molecular weight is 432 g/mol. The van der Waals surface area contributed by atoms with Gasteiger partial charge >= 0.3 is 0 Å². The lowest BCUT2D eigenvalue weighted by atomic mass is 10.2. The van der Waals surface area contributed by atoms with Crippen molar-refractivity contribution in [3.63, 3.8) is 0 Å². The number of anilines is 1. The van der Waals surface area contributed by atoms with Crippen LogP contribution in [0.1, 0.15) is 31.1 Å². The molecule has 3 aromatic rings. The molecule has 0 spiro atoms. The van der Waals surface area contributed by atoms with Crippen molar-refractivity contribution in [1.29, 1.82) is 0 Å². The Balaban J connectivity index is 1.95. The van der Waals surface area contributed by atoms with E-state index >= 15 is 0 Å². The third kappa shape index (κ3) is 5.35. The van der Waals surface area contributed by atoms with Gasteiger partial charge < -0.3 is 4.90 Å². The molecule has 1 aromatic heterocycles. The molecule has 0 fully saturated rings. The first-order chi connectivity index (χ1) is 14.0. The Kier molecular flexibility index (Phi) is 7.64. The van der Waals surface area contributed by atoms with Gasteiger partial charge in [0.25, 0.3) is 5.91 Å². The highest BCUT2D eigenvalue weighted by Gasteiger charge is 2.22. The second-order valence-electron chi connectivity index (χ2n) is 6.55. The quantitative estimate of drug-likeness (QED) is 0.417. The van der Waals surface area contributed by atoms with Crippen LogP contribution >= 0.6 is 23.1 Å². The molecule has 0 saturated heterocycles. The molecule has 7 heteroatoms. The van der Waals surface area contributed by atoms with E-state index in [-0.39, 0.29) is 11.7 Å². The molecule has 0 aliphatic carbocycles. The molecule has 1 heterocycles. The Hall–Kier alpha value is -1.96. The van der Waals surface area contributed by atoms with E-state index in [2.05, 4.69) is 30.7 Å². The summed E-state index contributed by atoms with van der Waals surface area (Å²) in [4.78, 5) is 23.1. The fourth-order valence-corrected chi connectivity index (χ4v) is 4.84. The highest BCUT2D eigenvalue weighted by molar-refractivity contribution is 7.99. The maximum Gasteiger partial charge on any atom is 0.260 e. The standard InChI is InChI=1S/C22H26FN3OS2/c1-4-25(5-2)12-13-26(21(27)16-8-7-9-18(14-16)28-6-3)22-24-19-11-10-17(23)15-20(19)29-22/h7-11,14-15H,4-6,12-13H2,1-3H3. The van der Waals surface area contributed by atoms with Crippen LogP contribution in [0, 0.1) is 5.82 Å². The van der Waals surface area contributed by atoms with Crippen molar-refractivity contribution in [2.75, 3.05) is 36.8 Å². The molecule has 0 radical (unpaired) electrons. The van der Waals surface area contributed by atoms with Crippen LogP contribution in [0.2, 0.25) is 0 Å². The van der Waals surface area contributed by atoms with Gasteiger partial charge in [0.05, 0.1) is 10.2 Å². The van der Waals surface area contributed by atoms with E-state index in [1.807, 2.05) is 24.3 Å². The first-order valence-electron chi connectivity index (χ1n) is 9.88. The van der Waals surface area contributed by atoms with Crippen LogP contribution in [0.25, 0.3) is 10.2 Å². The summed E-state index contributed by atoms with van der Waals surface area (Å²) in [5.41, 5.74) is 1.36. The van der Waals surface area contributed by atoms with E-state index in [0.29, 0.717) is 22.8 Å². The zero-order valence-electron chi connectivity index (χ0n) is 17.0. The van der Waals surface area contributed by atoms with E-state index in [4.69, 9.17) is 0 Å². The topological polar surface area (TPSA) is 36.4 Å². The number of hydrogen-bond donors (Lipinski definition) is 0. The third-order valence-electron chi connectivity index (χ3n) is 4.74. The largest absolute Gasteiger partial charge is 0.302 e. The third-order valence-corrected chi connectivity index (χ3v) is 6.66. The van der Waals surface area contributed by atoms with Crippen molar-refractivity contribution in [3.8, 4) is 0 Å². The highest BCUT2D eigenvalue weighted by Crippen LogP contribution is 2.30. The predicted molar refractivity (Wildman–Crippen MR) is 122 cm³/mol. The fraction of sp³-hybridized carbons (Fsp3) is 0.364. The summed E-state index contributed by atoms with van der Waals surface area (Å²) >= 11 is 3.07. The molecule has 0 atom stereocenters. The fourth-order valence-electron chi connectivity index (χ4n) is 3.11. The van der Waals surface area contributed by atoms with Gasteiger partial charge in [0.2, 0.25) is 0 Å². The Morgan fingerprint density at radius 3 is 2.62 bits per heavy atom. The molecule has 0 aliphatic rings. The van der Waals surface area contributed by atoms with Crippen molar-refractivity contribution < 1.29 is 9.18 Å². The van der Waals surface area contributed by atoms with E-state index in [1.165, 1.54) is 23.5 Å². The Bertz CT molecular complexity index is 972. The average Bonchev–Trinajstić information content (AvgIpc) is 3.14. The van der Waals surface area contributed by atoms with Gasteiger partial charge in [0.15, 0.2) is 5.13 Å². The van der Waals surface area contributed by atoms with Crippen LogP contribution in [0.15, 0.2) is 47.4 Å². The molecule has 0 bridgehead atoms. The summed E-state index contributed by atoms with van der Waals surface area (Å²) in [5, 5.41) is 0.608. The highest BCUT2D eigenvalue weighted by atomic mass is 32.2. The number of nitrogens with zero attached hydrogens (tertiary/aromatic N) is 3. The molecular weight excluding hydrogens is 405 g/mol. The van der Waals surface area contributed by atoms with Crippen molar-refractivity contribution in [2.45, 2.75) is 25.7 Å². The van der Waals surface area contributed by atoms with Gasteiger partial charge in [0.1, 0.15) is 5.82 Å². The molecule has 154 valence electrons. The lowest BCUT2D eigenvalue weighted by molar-refractivity contribution is 0.0983. The number of hydrogen-bond acceptors (Lipinski definition) is 5. The van der Waals surface area contributed by atoms with Gasteiger partial charge in [-0.15, -0.1) is 11.8 Å². The second kappa shape index (κ2) is 10.2. The van der Waals surface area contributed by atoms with Crippen LogP contribution in [-0.2, 0) is 0 Å². The Morgan fingerprint density at radius 1 is 1.10 bits per heavy atom. The Morgan fingerprint density at radius 2 is 1.90 bits per heavy atom. The summed E-state index contributed by atoms with van der Waals surface area (Å²) in [5.74, 6) is 0.584. The number of fused-ring (bicyclic) bond motifs is 1. The van der Waals surface area contributed by atoms with Crippen molar-refractivity contribution in [3.05, 3.63) is 53.8 Å². The monoisotopic (exact) mass is 431 g/mol. The molecule has 2 aromatic carbocycles. The lowest BCUT2D eigenvalue weighted by Gasteiger charge is -2.25. The molecule has 0 aliphatic heterocycles. The summed E-state index contributed by atoms with van der Waals surface area (Å²) in [6, 6.07) is 12.3.